The van der Waals surface area contributed by atoms with Gasteiger partial charge in [0.05, 0.1) is 44.5 Å². The van der Waals surface area contributed by atoms with Crippen LogP contribution in [0.15, 0.2) is 72.8 Å². The number of hydrogen-bond acceptors (Lipinski definition) is 8. The topological polar surface area (TPSA) is 89.5 Å². The van der Waals surface area contributed by atoms with Gasteiger partial charge in [-0.25, -0.2) is 4.79 Å². The van der Waals surface area contributed by atoms with Crippen LogP contribution in [0, 0.1) is 5.41 Å². The van der Waals surface area contributed by atoms with Gasteiger partial charge in [0.1, 0.15) is 30.5 Å². The minimum absolute atomic E-state index is 0.222. The van der Waals surface area contributed by atoms with Gasteiger partial charge in [-0.2, -0.15) is 0 Å². The molecule has 0 unspecified atom stereocenters. The maximum absolute atomic E-state index is 12.5. The van der Waals surface area contributed by atoms with Crippen LogP contribution in [0.1, 0.15) is 31.1 Å². The van der Waals surface area contributed by atoms with Crippen molar-refractivity contribution in [3.63, 3.8) is 0 Å². The van der Waals surface area contributed by atoms with Gasteiger partial charge in [0, 0.05) is 0 Å². The third-order valence-electron chi connectivity index (χ3n) is 5.52. The lowest BCUT2D eigenvalue weighted by Gasteiger charge is -2.16. The second-order valence-electron chi connectivity index (χ2n) is 9.63. The van der Waals surface area contributed by atoms with E-state index >= 15 is 0 Å². The lowest BCUT2D eigenvalue weighted by Crippen LogP contribution is -2.24. The summed E-state index contributed by atoms with van der Waals surface area (Å²) in [6, 6.07) is 21.8. The normalized spacial score (nSPS) is 11.1. The summed E-state index contributed by atoms with van der Waals surface area (Å²) in [5.74, 6) is 1.18. The highest BCUT2D eigenvalue weighted by molar-refractivity contribution is 5.91. The Labute approximate surface area is 229 Å². The highest BCUT2D eigenvalue weighted by Crippen LogP contribution is 2.25. The van der Waals surface area contributed by atoms with Crippen LogP contribution in [0.5, 0.6) is 17.2 Å². The molecule has 0 radical (unpaired) electrons. The zero-order chi connectivity index (χ0) is 28.1. The van der Waals surface area contributed by atoms with Gasteiger partial charge in [-0.3, -0.25) is 4.79 Å². The van der Waals surface area contributed by atoms with Crippen LogP contribution < -0.4 is 14.2 Å². The van der Waals surface area contributed by atoms with Crippen molar-refractivity contribution in [1.29, 1.82) is 0 Å². The summed E-state index contributed by atoms with van der Waals surface area (Å²) in [6.45, 7) is 7.51. The van der Waals surface area contributed by atoms with Crippen LogP contribution in [-0.4, -0.2) is 58.7 Å². The van der Waals surface area contributed by atoms with Gasteiger partial charge in [-0.05, 0) is 80.4 Å². The maximum atomic E-state index is 12.5. The van der Waals surface area contributed by atoms with Crippen LogP contribution in [0.25, 0.3) is 11.1 Å². The molecule has 0 spiro atoms. The lowest BCUT2D eigenvalue weighted by molar-refractivity contribution is -0.154. The SMILES string of the molecule is COc1ccc(-c2ccc(OC(=O)c3ccc(OCCOCCOCCOC(=O)C(C)(C)C)cc3)cc2)cc1. The Kier molecular flexibility index (Phi) is 11.3. The highest BCUT2D eigenvalue weighted by Gasteiger charge is 2.22. The summed E-state index contributed by atoms with van der Waals surface area (Å²) in [7, 11) is 1.63. The molecule has 8 heteroatoms. The third kappa shape index (κ3) is 10.1. The summed E-state index contributed by atoms with van der Waals surface area (Å²) in [6.07, 6.45) is 0. The van der Waals surface area contributed by atoms with Crippen LogP contribution in [0.2, 0.25) is 0 Å². The van der Waals surface area contributed by atoms with Crippen molar-refractivity contribution in [2.75, 3.05) is 46.8 Å². The van der Waals surface area contributed by atoms with Gasteiger partial charge >= 0.3 is 11.9 Å². The van der Waals surface area contributed by atoms with E-state index in [0.717, 1.165) is 16.9 Å². The fourth-order valence-corrected chi connectivity index (χ4v) is 3.30. The molecule has 8 nitrogen and oxygen atoms in total. The molecular formula is C31H36O8. The minimum atomic E-state index is -0.515. The van der Waals surface area contributed by atoms with Crippen molar-refractivity contribution in [3.8, 4) is 28.4 Å². The number of esters is 2. The predicted octanol–water partition coefficient (Wildman–Crippen LogP) is 5.58. The average molecular weight is 537 g/mol. The van der Waals surface area contributed by atoms with Crippen molar-refractivity contribution in [2.24, 2.45) is 5.41 Å². The quantitative estimate of drug-likeness (QED) is 0.150. The Morgan fingerprint density at radius 3 is 1.64 bits per heavy atom. The number of rotatable bonds is 14. The molecule has 3 aromatic carbocycles. The fraction of sp³-hybridized carbons (Fsp3) is 0.355. The minimum Gasteiger partial charge on any atom is -0.497 e. The summed E-state index contributed by atoms with van der Waals surface area (Å²) >= 11 is 0. The predicted molar refractivity (Wildman–Crippen MR) is 147 cm³/mol. The highest BCUT2D eigenvalue weighted by atomic mass is 16.6. The molecule has 0 saturated heterocycles. The smallest absolute Gasteiger partial charge is 0.343 e. The summed E-state index contributed by atoms with van der Waals surface area (Å²) in [5, 5.41) is 0. The third-order valence-corrected chi connectivity index (χ3v) is 5.52. The lowest BCUT2D eigenvalue weighted by atomic mass is 9.97. The molecular weight excluding hydrogens is 500 g/mol. The standard InChI is InChI=1S/C31H36O8/c1-31(2,3)30(33)38-22-20-36-18-17-35-19-21-37-27-13-9-25(10-14-27)29(32)39-28-15-7-24(8-16-28)23-5-11-26(34-4)12-6-23/h5-16H,17-22H2,1-4H3. The first-order valence-electron chi connectivity index (χ1n) is 12.8. The van der Waals surface area contributed by atoms with E-state index in [1.54, 1.807) is 64.3 Å². The molecule has 0 N–H and O–H groups in total. The second-order valence-corrected chi connectivity index (χ2v) is 9.63. The van der Waals surface area contributed by atoms with Crippen molar-refractivity contribution in [3.05, 3.63) is 78.4 Å². The molecule has 0 heterocycles. The number of carbonyl (C=O) groups excluding carboxylic acids is 2. The first kappa shape index (κ1) is 29.7. The summed E-state index contributed by atoms with van der Waals surface area (Å²) in [4.78, 5) is 24.2. The maximum Gasteiger partial charge on any atom is 0.343 e. The zero-order valence-electron chi connectivity index (χ0n) is 22.9. The number of ether oxygens (including phenoxy) is 6. The second kappa shape index (κ2) is 14.9. The largest absolute Gasteiger partial charge is 0.497 e. The van der Waals surface area contributed by atoms with Crippen LogP contribution in [0.3, 0.4) is 0 Å². The van der Waals surface area contributed by atoms with Crippen LogP contribution in [0.4, 0.5) is 0 Å². The zero-order valence-corrected chi connectivity index (χ0v) is 22.9. The molecule has 0 saturated carbocycles. The molecule has 0 aliphatic heterocycles. The Morgan fingerprint density at radius 2 is 1.10 bits per heavy atom. The van der Waals surface area contributed by atoms with E-state index in [9.17, 15) is 9.59 Å². The molecule has 3 rings (SSSR count). The van der Waals surface area contributed by atoms with E-state index in [1.807, 2.05) is 36.4 Å². The Hall–Kier alpha value is -3.88. The average Bonchev–Trinajstić information content (AvgIpc) is 2.94. The first-order valence-corrected chi connectivity index (χ1v) is 12.8. The number of carbonyl (C=O) groups is 2. The summed E-state index contributed by atoms with van der Waals surface area (Å²) < 4.78 is 32.3. The Balaban J connectivity index is 1.30. The van der Waals surface area contributed by atoms with Gasteiger partial charge in [0.2, 0.25) is 0 Å². The molecule has 0 aliphatic carbocycles. The van der Waals surface area contributed by atoms with E-state index < -0.39 is 11.4 Å². The number of benzene rings is 3. The molecule has 0 bridgehead atoms. The van der Waals surface area contributed by atoms with Gasteiger partial charge in [0.15, 0.2) is 0 Å². The monoisotopic (exact) mass is 536 g/mol. The molecule has 0 amide bonds. The van der Waals surface area contributed by atoms with Crippen molar-refractivity contribution in [2.45, 2.75) is 20.8 Å². The van der Waals surface area contributed by atoms with E-state index in [0.29, 0.717) is 50.1 Å². The van der Waals surface area contributed by atoms with Crippen LogP contribution >= 0.6 is 0 Å². The van der Waals surface area contributed by atoms with Gasteiger partial charge < -0.3 is 28.4 Å². The van der Waals surface area contributed by atoms with E-state index in [1.165, 1.54) is 0 Å². The molecule has 0 aromatic heterocycles. The van der Waals surface area contributed by atoms with Crippen molar-refractivity contribution in [1.82, 2.24) is 0 Å². The van der Waals surface area contributed by atoms with Crippen LogP contribution in [-0.2, 0) is 19.0 Å². The molecule has 208 valence electrons. The van der Waals surface area contributed by atoms with Gasteiger partial charge in [-0.15, -0.1) is 0 Å². The Bertz CT molecular complexity index is 1160. The molecule has 39 heavy (non-hydrogen) atoms. The molecule has 0 aliphatic rings. The molecule has 3 aromatic rings. The number of hydrogen-bond donors (Lipinski definition) is 0. The fourth-order valence-electron chi connectivity index (χ4n) is 3.30. The van der Waals surface area contributed by atoms with E-state index in [-0.39, 0.29) is 12.6 Å². The van der Waals surface area contributed by atoms with Gasteiger partial charge in [0.25, 0.3) is 0 Å². The molecule has 0 fully saturated rings. The summed E-state index contributed by atoms with van der Waals surface area (Å²) in [5.41, 5.74) is 1.95. The Morgan fingerprint density at radius 1 is 0.615 bits per heavy atom. The number of methoxy groups -OCH3 is 1. The van der Waals surface area contributed by atoms with Gasteiger partial charge in [-0.1, -0.05) is 24.3 Å². The molecule has 0 atom stereocenters. The van der Waals surface area contributed by atoms with Crippen molar-refractivity contribution < 1.29 is 38.0 Å². The van der Waals surface area contributed by atoms with Crippen molar-refractivity contribution >= 4 is 11.9 Å². The van der Waals surface area contributed by atoms with E-state index in [4.69, 9.17) is 28.4 Å². The first-order chi connectivity index (χ1) is 18.8. The van der Waals surface area contributed by atoms with E-state index in [2.05, 4.69) is 0 Å².